The van der Waals surface area contributed by atoms with Gasteiger partial charge in [0.05, 0.1) is 18.4 Å². The molecule has 1 amide bonds. The number of hydrogen-bond donors (Lipinski definition) is 1. The Bertz CT molecular complexity index is 345. The van der Waals surface area contributed by atoms with Gasteiger partial charge in [0.15, 0.2) is 0 Å². The van der Waals surface area contributed by atoms with Crippen LogP contribution in [0.2, 0.25) is 0 Å². The minimum atomic E-state index is -0.902. The van der Waals surface area contributed by atoms with Crippen LogP contribution in [0.4, 0.5) is 0 Å². The van der Waals surface area contributed by atoms with Crippen LogP contribution < -0.4 is 0 Å². The van der Waals surface area contributed by atoms with Crippen LogP contribution in [-0.4, -0.2) is 35.0 Å². The molecular weight excluding hydrogens is 232 g/mol. The fourth-order valence-corrected chi connectivity index (χ4v) is 1.77. The van der Waals surface area contributed by atoms with Crippen LogP contribution in [0.25, 0.3) is 0 Å². The summed E-state index contributed by atoms with van der Waals surface area (Å²) in [5, 5.41) is 17.5. The lowest BCUT2D eigenvalue weighted by Gasteiger charge is -2.28. The van der Waals surface area contributed by atoms with Crippen molar-refractivity contribution in [2.24, 2.45) is 11.3 Å². The van der Waals surface area contributed by atoms with Crippen molar-refractivity contribution in [1.82, 2.24) is 4.90 Å². The molecule has 0 rings (SSSR count). The van der Waals surface area contributed by atoms with E-state index in [1.54, 1.807) is 25.7 Å². The molecule has 102 valence electrons. The van der Waals surface area contributed by atoms with E-state index in [1.807, 2.05) is 6.92 Å². The Morgan fingerprint density at radius 1 is 1.39 bits per heavy atom. The minimum absolute atomic E-state index is 0.0376. The van der Waals surface area contributed by atoms with Gasteiger partial charge in [0, 0.05) is 19.5 Å². The first kappa shape index (κ1) is 16.4. The first-order valence-corrected chi connectivity index (χ1v) is 6.11. The Kier molecular flexibility index (Phi) is 6.39. The van der Waals surface area contributed by atoms with E-state index in [4.69, 9.17) is 10.4 Å². The van der Waals surface area contributed by atoms with Crippen molar-refractivity contribution in [3.8, 4) is 6.07 Å². The second-order valence-electron chi connectivity index (χ2n) is 5.37. The zero-order valence-corrected chi connectivity index (χ0v) is 11.6. The third-order valence-corrected chi connectivity index (χ3v) is 2.71. The first-order chi connectivity index (χ1) is 8.21. The number of aliphatic carboxylic acids is 1. The molecule has 0 heterocycles. The maximum Gasteiger partial charge on any atom is 0.303 e. The van der Waals surface area contributed by atoms with E-state index in [0.717, 1.165) is 0 Å². The molecule has 0 fully saturated rings. The lowest BCUT2D eigenvalue weighted by Crippen LogP contribution is -2.37. The first-order valence-electron chi connectivity index (χ1n) is 6.11. The molecule has 0 aromatic heterocycles. The zero-order valence-electron chi connectivity index (χ0n) is 11.6. The van der Waals surface area contributed by atoms with Crippen LogP contribution in [0.5, 0.6) is 0 Å². The topological polar surface area (TPSA) is 81.4 Å². The number of hydrogen-bond acceptors (Lipinski definition) is 3. The summed E-state index contributed by atoms with van der Waals surface area (Å²) in [5.41, 5.74) is -0.563. The Labute approximate surface area is 108 Å². The molecule has 0 bridgehead atoms. The monoisotopic (exact) mass is 254 g/mol. The van der Waals surface area contributed by atoms with Gasteiger partial charge in [0.1, 0.15) is 0 Å². The van der Waals surface area contributed by atoms with Crippen LogP contribution in [0.3, 0.4) is 0 Å². The molecule has 0 saturated heterocycles. The van der Waals surface area contributed by atoms with Crippen molar-refractivity contribution in [1.29, 1.82) is 5.26 Å². The van der Waals surface area contributed by atoms with E-state index in [2.05, 4.69) is 6.07 Å². The fourth-order valence-electron chi connectivity index (χ4n) is 1.77. The second kappa shape index (κ2) is 7.00. The van der Waals surface area contributed by atoms with Crippen molar-refractivity contribution in [2.75, 3.05) is 13.1 Å². The summed E-state index contributed by atoms with van der Waals surface area (Å²) in [4.78, 5) is 24.3. The summed E-state index contributed by atoms with van der Waals surface area (Å²) in [6.45, 7) is 8.08. The zero-order chi connectivity index (χ0) is 14.3. The van der Waals surface area contributed by atoms with Crippen molar-refractivity contribution < 1.29 is 14.7 Å². The minimum Gasteiger partial charge on any atom is -0.481 e. The highest BCUT2D eigenvalue weighted by atomic mass is 16.4. The summed E-state index contributed by atoms with van der Waals surface area (Å²) in [5.74, 6) is -1.21. The van der Waals surface area contributed by atoms with Crippen molar-refractivity contribution in [3.63, 3.8) is 0 Å². The molecule has 0 aromatic carbocycles. The van der Waals surface area contributed by atoms with Gasteiger partial charge in [-0.2, -0.15) is 5.26 Å². The van der Waals surface area contributed by atoms with E-state index in [-0.39, 0.29) is 24.7 Å². The summed E-state index contributed by atoms with van der Waals surface area (Å²) < 4.78 is 0. The summed E-state index contributed by atoms with van der Waals surface area (Å²) in [6, 6.07) is 2.09. The molecule has 1 atom stereocenters. The predicted octanol–water partition coefficient (Wildman–Crippen LogP) is 1.89. The Balaban J connectivity index is 4.53. The van der Waals surface area contributed by atoms with Crippen LogP contribution in [0.1, 0.15) is 40.5 Å². The molecule has 0 aliphatic rings. The average Bonchev–Trinajstić information content (AvgIpc) is 2.22. The molecule has 1 N–H and O–H groups in total. The van der Waals surface area contributed by atoms with E-state index in [1.165, 1.54) is 0 Å². The van der Waals surface area contributed by atoms with Gasteiger partial charge in [0.2, 0.25) is 5.91 Å². The maximum atomic E-state index is 12.0. The number of amides is 1. The fraction of sp³-hybridized carbons (Fsp3) is 0.769. The van der Waals surface area contributed by atoms with Crippen molar-refractivity contribution >= 4 is 11.9 Å². The largest absolute Gasteiger partial charge is 0.481 e. The van der Waals surface area contributed by atoms with Crippen molar-refractivity contribution in [2.45, 2.75) is 40.5 Å². The molecule has 0 aliphatic heterocycles. The summed E-state index contributed by atoms with van der Waals surface area (Å²) in [7, 11) is 0. The SMILES string of the molecule is CCN(CC(C)C#N)C(=O)CC(C)(C)CC(=O)O. The molecule has 0 radical (unpaired) electrons. The standard InChI is InChI=1S/C13H22N2O3/c1-5-15(9-10(2)8-14)11(16)6-13(3,4)7-12(17)18/h10H,5-7,9H2,1-4H3,(H,17,18). The van der Waals surface area contributed by atoms with Gasteiger partial charge in [-0.3, -0.25) is 9.59 Å². The number of rotatable bonds is 7. The van der Waals surface area contributed by atoms with E-state index in [0.29, 0.717) is 13.1 Å². The number of nitriles is 1. The van der Waals surface area contributed by atoms with E-state index in [9.17, 15) is 9.59 Å². The van der Waals surface area contributed by atoms with Gasteiger partial charge in [-0.25, -0.2) is 0 Å². The third kappa shape index (κ3) is 6.24. The number of carboxylic acid groups (broad SMARTS) is 1. The summed E-state index contributed by atoms with van der Waals surface area (Å²) in [6.07, 6.45) is 0.148. The van der Waals surface area contributed by atoms with Gasteiger partial charge in [0.25, 0.3) is 0 Å². The third-order valence-electron chi connectivity index (χ3n) is 2.71. The molecule has 5 heteroatoms. The lowest BCUT2D eigenvalue weighted by molar-refractivity contribution is -0.140. The molecule has 0 spiro atoms. The number of carbonyl (C=O) groups is 2. The molecule has 5 nitrogen and oxygen atoms in total. The Morgan fingerprint density at radius 2 is 1.94 bits per heavy atom. The highest BCUT2D eigenvalue weighted by Gasteiger charge is 2.27. The number of carboxylic acids is 1. The highest BCUT2D eigenvalue weighted by Crippen LogP contribution is 2.26. The average molecular weight is 254 g/mol. The normalized spacial score (nSPS) is 12.6. The van der Waals surface area contributed by atoms with Gasteiger partial charge in [-0.15, -0.1) is 0 Å². The van der Waals surface area contributed by atoms with Crippen LogP contribution >= 0.6 is 0 Å². The molecule has 18 heavy (non-hydrogen) atoms. The number of carbonyl (C=O) groups excluding carboxylic acids is 1. The molecular formula is C13H22N2O3. The molecule has 0 aromatic rings. The van der Waals surface area contributed by atoms with Crippen molar-refractivity contribution in [3.05, 3.63) is 0 Å². The van der Waals surface area contributed by atoms with Crippen LogP contribution in [0, 0.1) is 22.7 Å². The smallest absolute Gasteiger partial charge is 0.303 e. The highest BCUT2D eigenvalue weighted by molar-refractivity contribution is 5.78. The summed E-state index contributed by atoms with van der Waals surface area (Å²) >= 11 is 0. The van der Waals surface area contributed by atoms with Gasteiger partial charge in [-0.05, 0) is 19.3 Å². The Morgan fingerprint density at radius 3 is 2.33 bits per heavy atom. The molecule has 0 saturated carbocycles. The van der Waals surface area contributed by atoms with E-state index < -0.39 is 11.4 Å². The Hall–Kier alpha value is -1.57. The van der Waals surface area contributed by atoms with Crippen LogP contribution in [-0.2, 0) is 9.59 Å². The molecule has 0 aliphatic carbocycles. The van der Waals surface area contributed by atoms with Gasteiger partial charge in [-0.1, -0.05) is 13.8 Å². The van der Waals surface area contributed by atoms with Crippen LogP contribution in [0.15, 0.2) is 0 Å². The number of nitrogens with zero attached hydrogens (tertiary/aromatic N) is 2. The van der Waals surface area contributed by atoms with Gasteiger partial charge >= 0.3 is 5.97 Å². The van der Waals surface area contributed by atoms with E-state index >= 15 is 0 Å². The quantitative estimate of drug-likeness (QED) is 0.752. The predicted molar refractivity (Wildman–Crippen MR) is 67.7 cm³/mol. The van der Waals surface area contributed by atoms with Gasteiger partial charge < -0.3 is 10.0 Å². The molecule has 1 unspecified atom stereocenters. The lowest BCUT2D eigenvalue weighted by atomic mass is 9.85. The maximum absolute atomic E-state index is 12.0. The second-order valence-corrected chi connectivity index (χ2v) is 5.37.